The highest BCUT2D eigenvalue weighted by Crippen LogP contribution is 2.29. The molecule has 0 radical (unpaired) electrons. The summed E-state index contributed by atoms with van der Waals surface area (Å²) in [6.45, 7) is 1.18. The highest BCUT2D eigenvalue weighted by atomic mass is 79.9. The van der Waals surface area contributed by atoms with Gasteiger partial charge in [-0.1, -0.05) is 11.6 Å². The van der Waals surface area contributed by atoms with Crippen LogP contribution in [0.2, 0.25) is 5.02 Å². The fraction of sp³-hybridized carbons (Fsp3) is 0.300. The van der Waals surface area contributed by atoms with E-state index in [2.05, 4.69) is 15.9 Å². The van der Waals surface area contributed by atoms with Crippen molar-refractivity contribution in [2.45, 2.75) is 17.9 Å². The van der Waals surface area contributed by atoms with Gasteiger partial charge in [-0.2, -0.15) is 4.31 Å². The highest BCUT2D eigenvalue weighted by molar-refractivity contribution is 9.10. The first kappa shape index (κ1) is 16.4. The topological polar surface area (TPSA) is 74.7 Å². The molecule has 1 unspecified atom stereocenters. The van der Waals surface area contributed by atoms with Gasteiger partial charge in [0.05, 0.1) is 5.02 Å². The summed E-state index contributed by atoms with van der Waals surface area (Å²) in [6, 6.07) is 0.516. The molecule has 0 aliphatic rings. The molecular weight excluding hydrogens is 365 g/mol. The van der Waals surface area contributed by atoms with Crippen molar-refractivity contribution in [1.82, 2.24) is 4.31 Å². The fourth-order valence-corrected chi connectivity index (χ4v) is 3.15. The number of carbonyl (C=O) groups is 1. The van der Waals surface area contributed by atoms with E-state index in [4.69, 9.17) is 16.7 Å². The van der Waals surface area contributed by atoms with Crippen molar-refractivity contribution in [1.29, 1.82) is 0 Å². The number of halogens is 3. The Morgan fingerprint density at radius 3 is 2.53 bits per heavy atom. The van der Waals surface area contributed by atoms with E-state index in [-0.39, 0.29) is 9.50 Å². The van der Waals surface area contributed by atoms with Gasteiger partial charge in [0.1, 0.15) is 16.8 Å². The van der Waals surface area contributed by atoms with Crippen LogP contribution in [0.1, 0.15) is 6.92 Å². The normalized spacial score (nSPS) is 13.6. The summed E-state index contributed by atoms with van der Waals surface area (Å²) in [5.74, 6) is -2.35. The van der Waals surface area contributed by atoms with Crippen LogP contribution in [0.4, 0.5) is 4.39 Å². The van der Waals surface area contributed by atoms with Crippen LogP contribution in [0.3, 0.4) is 0 Å². The molecular formula is C10H10BrClFNO4S. The molecule has 0 heterocycles. The lowest BCUT2D eigenvalue weighted by Crippen LogP contribution is -2.40. The van der Waals surface area contributed by atoms with E-state index in [1.54, 1.807) is 0 Å². The Balaban J connectivity index is 3.36. The number of hydrogen-bond acceptors (Lipinski definition) is 3. The Kier molecular flexibility index (Phi) is 4.94. The molecule has 1 aromatic rings. The molecule has 1 rings (SSSR count). The molecule has 106 valence electrons. The molecule has 1 atom stereocenters. The van der Waals surface area contributed by atoms with Gasteiger partial charge in [-0.25, -0.2) is 12.8 Å². The lowest BCUT2D eigenvalue weighted by Gasteiger charge is -2.21. The van der Waals surface area contributed by atoms with Crippen LogP contribution in [-0.4, -0.2) is 36.9 Å². The molecule has 0 amide bonds. The zero-order valence-corrected chi connectivity index (χ0v) is 13.1. The van der Waals surface area contributed by atoms with E-state index in [1.165, 1.54) is 6.92 Å². The minimum atomic E-state index is -4.28. The molecule has 0 spiro atoms. The molecule has 19 heavy (non-hydrogen) atoms. The standard InChI is InChI=1S/C10H10BrClFNO4S/c1-5(10(15)16)14(2)19(17,18)9-4-7(12)6(11)3-8(9)13/h3-5H,1-2H3,(H,15,16). The Bertz CT molecular complexity index is 622. The van der Waals surface area contributed by atoms with Gasteiger partial charge >= 0.3 is 5.97 Å². The Hall–Kier alpha value is -0.700. The van der Waals surface area contributed by atoms with E-state index in [1.807, 2.05) is 0 Å². The number of sulfonamides is 1. The number of likely N-dealkylation sites (N-methyl/N-ethyl adjacent to an activating group) is 1. The minimum Gasteiger partial charge on any atom is -0.480 e. The van der Waals surface area contributed by atoms with Crippen LogP contribution in [0, 0.1) is 5.82 Å². The molecule has 0 bridgehead atoms. The van der Waals surface area contributed by atoms with Crippen LogP contribution in [0.5, 0.6) is 0 Å². The summed E-state index contributed by atoms with van der Waals surface area (Å²) >= 11 is 8.69. The van der Waals surface area contributed by atoms with Gasteiger partial charge in [-0.15, -0.1) is 0 Å². The molecule has 1 N–H and O–H groups in total. The van der Waals surface area contributed by atoms with Gasteiger partial charge in [0.25, 0.3) is 0 Å². The summed E-state index contributed by atoms with van der Waals surface area (Å²) in [7, 11) is -3.22. The number of carboxylic acids is 1. The predicted molar refractivity (Wildman–Crippen MR) is 71.2 cm³/mol. The van der Waals surface area contributed by atoms with Gasteiger partial charge in [-0.05, 0) is 35.0 Å². The van der Waals surface area contributed by atoms with Gasteiger partial charge in [0, 0.05) is 11.5 Å². The van der Waals surface area contributed by atoms with Gasteiger partial charge < -0.3 is 5.11 Å². The third-order valence-electron chi connectivity index (χ3n) is 2.53. The van der Waals surface area contributed by atoms with Crippen molar-refractivity contribution in [3.05, 3.63) is 27.4 Å². The number of rotatable bonds is 4. The molecule has 0 aromatic heterocycles. The van der Waals surface area contributed by atoms with E-state index < -0.39 is 32.7 Å². The summed E-state index contributed by atoms with van der Waals surface area (Å²) in [5, 5.41) is 8.81. The highest BCUT2D eigenvalue weighted by Gasteiger charge is 2.32. The number of aliphatic carboxylic acids is 1. The Morgan fingerprint density at radius 1 is 1.53 bits per heavy atom. The second-order valence-electron chi connectivity index (χ2n) is 3.73. The quantitative estimate of drug-likeness (QED) is 0.821. The second kappa shape index (κ2) is 5.74. The first-order chi connectivity index (χ1) is 8.59. The van der Waals surface area contributed by atoms with Crippen molar-refractivity contribution >= 4 is 43.5 Å². The molecule has 0 saturated carbocycles. The number of hydrogen-bond donors (Lipinski definition) is 1. The van der Waals surface area contributed by atoms with Crippen molar-refractivity contribution < 1.29 is 22.7 Å². The maximum atomic E-state index is 13.7. The van der Waals surface area contributed by atoms with Crippen LogP contribution < -0.4 is 0 Å². The molecule has 0 aliphatic carbocycles. The fourth-order valence-electron chi connectivity index (χ4n) is 1.22. The van der Waals surface area contributed by atoms with Crippen LogP contribution in [-0.2, 0) is 14.8 Å². The lowest BCUT2D eigenvalue weighted by molar-refractivity contribution is -0.140. The van der Waals surface area contributed by atoms with Gasteiger partial charge in [0.15, 0.2) is 0 Å². The number of nitrogens with zero attached hydrogens (tertiary/aromatic N) is 1. The van der Waals surface area contributed by atoms with Crippen LogP contribution in [0.25, 0.3) is 0 Å². The summed E-state index contributed by atoms with van der Waals surface area (Å²) in [4.78, 5) is 10.1. The smallest absolute Gasteiger partial charge is 0.321 e. The van der Waals surface area contributed by atoms with Crippen LogP contribution in [0.15, 0.2) is 21.5 Å². The summed E-state index contributed by atoms with van der Waals surface area (Å²) < 4.78 is 38.7. The molecule has 9 heteroatoms. The van der Waals surface area contributed by atoms with E-state index >= 15 is 0 Å². The maximum Gasteiger partial charge on any atom is 0.321 e. The molecule has 1 aromatic carbocycles. The maximum absolute atomic E-state index is 13.7. The zero-order chi connectivity index (χ0) is 15.0. The monoisotopic (exact) mass is 373 g/mol. The Morgan fingerprint density at radius 2 is 2.05 bits per heavy atom. The van der Waals surface area contributed by atoms with Gasteiger partial charge in [0.2, 0.25) is 10.0 Å². The molecule has 0 aliphatic heterocycles. The van der Waals surface area contributed by atoms with Crippen molar-refractivity contribution in [3.8, 4) is 0 Å². The first-order valence-corrected chi connectivity index (χ1v) is 7.55. The van der Waals surface area contributed by atoms with E-state index in [9.17, 15) is 17.6 Å². The Labute approximate surface area is 123 Å². The second-order valence-corrected chi connectivity index (χ2v) is 6.96. The predicted octanol–water partition coefficient (Wildman–Crippen LogP) is 2.34. The van der Waals surface area contributed by atoms with Gasteiger partial charge in [-0.3, -0.25) is 4.79 Å². The van der Waals surface area contributed by atoms with Crippen LogP contribution >= 0.6 is 27.5 Å². The SMILES string of the molecule is CC(C(=O)O)N(C)S(=O)(=O)c1cc(Cl)c(Br)cc1F. The van der Waals surface area contributed by atoms with E-state index in [0.29, 0.717) is 4.31 Å². The third kappa shape index (κ3) is 3.25. The minimum absolute atomic E-state index is 0.0105. The average molecular weight is 375 g/mol. The van der Waals surface area contributed by atoms with Crippen molar-refractivity contribution in [2.24, 2.45) is 0 Å². The summed E-state index contributed by atoms with van der Waals surface area (Å²) in [6.07, 6.45) is 0. The zero-order valence-electron chi connectivity index (χ0n) is 9.89. The third-order valence-corrected chi connectivity index (χ3v) is 5.67. The summed E-state index contributed by atoms with van der Waals surface area (Å²) in [5.41, 5.74) is 0. The first-order valence-electron chi connectivity index (χ1n) is 4.94. The molecule has 5 nitrogen and oxygen atoms in total. The number of carboxylic acid groups (broad SMARTS) is 1. The molecule has 0 fully saturated rings. The van der Waals surface area contributed by atoms with E-state index in [0.717, 1.165) is 19.2 Å². The largest absolute Gasteiger partial charge is 0.480 e. The van der Waals surface area contributed by atoms with Crippen molar-refractivity contribution in [2.75, 3.05) is 7.05 Å². The lowest BCUT2D eigenvalue weighted by atomic mass is 10.3. The molecule has 0 saturated heterocycles. The van der Waals surface area contributed by atoms with Crippen molar-refractivity contribution in [3.63, 3.8) is 0 Å². The number of benzene rings is 1. The average Bonchev–Trinajstić information content (AvgIpc) is 2.31.